The molecule has 160 valence electrons. The van der Waals surface area contributed by atoms with Crippen molar-refractivity contribution in [3.05, 3.63) is 59.4 Å². The molecule has 30 heavy (non-hydrogen) atoms. The first-order chi connectivity index (χ1) is 14.0. The number of halogens is 2. The Bertz CT molecular complexity index is 935. The molecule has 0 saturated carbocycles. The first-order valence-corrected chi connectivity index (χ1v) is 9.95. The number of para-hydroxylation sites is 1. The summed E-state index contributed by atoms with van der Waals surface area (Å²) in [5.74, 6) is 0.144. The number of nitrogens with zero attached hydrogens (tertiary/aromatic N) is 1. The number of amides is 3. The van der Waals surface area contributed by atoms with Gasteiger partial charge in [0.25, 0.3) is 0 Å². The quantitative estimate of drug-likeness (QED) is 0.690. The molecule has 2 aromatic rings. The summed E-state index contributed by atoms with van der Waals surface area (Å²) in [6.45, 7) is 4.99. The summed E-state index contributed by atoms with van der Waals surface area (Å²) < 4.78 is 13.7. The van der Waals surface area contributed by atoms with Gasteiger partial charge in [-0.3, -0.25) is 4.79 Å². The summed E-state index contributed by atoms with van der Waals surface area (Å²) in [5, 5.41) is 8.58. The van der Waals surface area contributed by atoms with Crippen molar-refractivity contribution in [3.63, 3.8) is 0 Å². The van der Waals surface area contributed by atoms with Crippen LogP contribution >= 0.6 is 12.4 Å². The van der Waals surface area contributed by atoms with Crippen LogP contribution in [0.15, 0.2) is 42.5 Å². The zero-order valence-corrected chi connectivity index (χ0v) is 17.6. The van der Waals surface area contributed by atoms with Gasteiger partial charge in [-0.25, -0.2) is 9.18 Å². The molecule has 2 aromatic carbocycles. The molecular formula is C22H26ClFN4O2. The molecule has 0 radical (unpaired) electrons. The van der Waals surface area contributed by atoms with E-state index in [0.717, 1.165) is 24.2 Å². The Morgan fingerprint density at radius 1 is 1.10 bits per heavy atom. The predicted molar refractivity (Wildman–Crippen MR) is 117 cm³/mol. The molecule has 4 rings (SSSR count). The van der Waals surface area contributed by atoms with Crippen LogP contribution in [-0.2, 0) is 17.8 Å². The second kappa shape index (κ2) is 9.45. The number of urea groups is 1. The molecule has 0 aliphatic carbocycles. The van der Waals surface area contributed by atoms with E-state index in [2.05, 4.69) is 16.0 Å². The highest BCUT2D eigenvalue weighted by Crippen LogP contribution is 2.28. The lowest BCUT2D eigenvalue weighted by molar-refractivity contribution is -0.138. The van der Waals surface area contributed by atoms with E-state index in [0.29, 0.717) is 31.1 Å². The number of hydrogen-bond donors (Lipinski definition) is 3. The standard InChI is InChI=1S/C22H25FN4O2.ClH/c1-14(16-11-24-12-16)21(28)27-10-9-17-15(13-27)5-4-8-19(17)25-22(29)26-20-7-3-2-6-18(20)23;/h2-8,14,16,24H,9-13H2,1H3,(H2,25,26,29);1H. The largest absolute Gasteiger partial charge is 0.338 e. The van der Waals surface area contributed by atoms with E-state index in [4.69, 9.17) is 0 Å². The third-order valence-electron chi connectivity index (χ3n) is 5.86. The first kappa shape index (κ1) is 22.1. The highest BCUT2D eigenvalue weighted by molar-refractivity contribution is 6.00. The summed E-state index contributed by atoms with van der Waals surface area (Å²) >= 11 is 0. The molecule has 0 spiro atoms. The van der Waals surface area contributed by atoms with Gasteiger partial charge in [0.15, 0.2) is 0 Å². The Labute approximate surface area is 181 Å². The number of hydrogen-bond acceptors (Lipinski definition) is 3. The second-order valence-corrected chi connectivity index (χ2v) is 7.72. The fourth-order valence-corrected chi connectivity index (χ4v) is 3.91. The van der Waals surface area contributed by atoms with Gasteiger partial charge in [0.2, 0.25) is 5.91 Å². The van der Waals surface area contributed by atoms with E-state index in [9.17, 15) is 14.0 Å². The zero-order valence-electron chi connectivity index (χ0n) is 16.8. The van der Waals surface area contributed by atoms with Gasteiger partial charge in [-0.2, -0.15) is 0 Å². The van der Waals surface area contributed by atoms with E-state index in [1.54, 1.807) is 12.1 Å². The highest BCUT2D eigenvalue weighted by Gasteiger charge is 2.33. The molecule has 3 N–H and O–H groups in total. The lowest BCUT2D eigenvalue weighted by atomic mass is 9.87. The molecule has 1 fully saturated rings. The van der Waals surface area contributed by atoms with Gasteiger partial charge in [-0.05, 0) is 54.8 Å². The molecule has 2 aliphatic rings. The molecule has 3 amide bonds. The van der Waals surface area contributed by atoms with E-state index < -0.39 is 11.8 Å². The molecule has 2 heterocycles. The van der Waals surface area contributed by atoms with Crippen molar-refractivity contribution in [2.75, 3.05) is 30.3 Å². The van der Waals surface area contributed by atoms with Crippen LogP contribution in [0.5, 0.6) is 0 Å². The number of nitrogens with one attached hydrogen (secondary N) is 3. The molecule has 1 atom stereocenters. The number of anilines is 2. The molecule has 8 heteroatoms. The minimum Gasteiger partial charge on any atom is -0.338 e. The van der Waals surface area contributed by atoms with Crippen molar-refractivity contribution in [2.24, 2.45) is 11.8 Å². The van der Waals surface area contributed by atoms with E-state index in [1.807, 2.05) is 30.0 Å². The van der Waals surface area contributed by atoms with Crippen LogP contribution in [0, 0.1) is 17.7 Å². The molecule has 6 nitrogen and oxygen atoms in total. The summed E-state index contributed by atoms with van der Waals surface area (Å²) in [6, 6.07) is 11.2. The van der Waals surface area contributed by atoms with Crippen LogP contribution < -0.4 is 16.0 Å². The third-order valence-corrected chi connectivity index (χ3v) is 5.86. The Morgan fingerprint density at radius 2 is 1.80 bits per heavy atom. The van der Waals surface area contributed by atoms with Crippen molar-refractivity contribution in [1.82, 2.24) is 10.2 Å². The van der Waals surface area contributed by atoms with Gasteiger partial charge >= 0.3 is 6.03 Å². The fraction of sp³-hybridized carbons (Fsp3) is 0.364. The summed E-state index contributed by atoms with van der Waals surface area (Å²) in [5.41, 5.74) is 2.89. The van der Waals surface area contributed by atoms with Crippen molar-refractivity contribution in [1.29, 1.82) is 0 Å². The number of carbonyl (C=O) groups is 2. The average molecular weight is 433 g/mol. The SMILES string of the molecule is CC(C(=O)N1CCc2c(cccc2NC(=O)Nc2ccccc2F)C1)C1CNC1.Cl. The van der Waals surface area contributed by atoms with Crippen molar-refractivity contribution >= 4 is 35.7 Å². The smallest absolute Gasteiger partial charge is 0.323 e. The molecule has 0 aromatic heterocycles. The maximum atomic E-state index is 13.7. The molecule has 2 aliphatic heterocycles. The normalized spacial score (nSPS) is 16.5. The molecular weight excluding hydrogens is 407 g/mol. The van der Waals surface area contributed by atoms with Crippen molar-refractivity contribution < 1.29 is 14.0 Å². The Kier molecular flexibility index (Phi) is 6.95. The minimum atomic E-state index is -0.492. The molecule has 0 bridgehead atoms. The van der Waals surface area contributed by atoms with Crippen LogP contribution in [-0.4, -0.2) is 36.5 Å². The van der Waals surface area contributed by atoms with Crippen LogP contribution in [0.4, 0.5) is 20.6 Å². The lowest BCUT2D eigenvalue weighted by Gasteiger charge is -2.37. The van der Waals surface area contributed by atoms with Crippen LogP contribution in [0.1, 0.15) is 18.1 Å². The maximum absolute atomic E-state index is 13.7. The van der Waals surface area contributed by atoms with Gasteiger partial charge in [-0.1, -0.05) is 31.2 Å². The number of fused-ring (bicyclic) bond motifs is 1. The summed E-state index contributed by atoms with van der Waals surface area (Å²) in [4.78, 5) is 27.1. The molecule has 1 unspecified atom stereocenters. The predicted octanol–water partition coefficient (Wildman–Crippen LogP) is 3.63. The number of benzene rings is 2. The number of rotatable bonds is 4. The molecule has 1 saturated heterocycles. The maximum Gasteiger partial charge on any atom is 0.323 e. The van der Waals surface area contributed by atoms with Crippen molar-refractivity contribution in [2.45, 2.75) is 19.9 Å². The number of carbonyl (C=O) groups excluding carboxylic acids is 2. The van der Waals surface area contributed by atoms with Crippen LogP contribution in [0.3, 0.4) is 0 Å². The summed E-state index contributed by atoms with van der Waals surface area (Å²) in [6.07, 6.45) is 0.673. The monoisotopic (exact) mass is 432 g/mol. The first-order valence-electron chi connectivity index (χ1n) is 9.95. The van der Waals surface area contributed by atoms with Gasteiger partial charge in [-0.15, -0.1) is 12.4 Å². The topological polar surface area (TPSA) is 73.5 Å². The zero-order chi connectivity index (χ0) is 20.4. The van der Waals surface area contributed by atoms with E-state index in [1.165, 1.54) is 12.1 Å². The summed E-state index contributed by atoms with van der Waals surface area (Å²) in [7, 11) is 0. The van der Waals surface area contributed by atoms with Crippen LogP contribution in [0.25, 0.3) is 0 Å². The Morgan fingerprint density at radius 3 is 2.50 bits per heavy atom. The average Bonchev–Trinajstić information content (AvgIpc) is 2.67. The van der Waals surface area contributed by atoms with Crippen molar-refractivity contribution in [3.8, 4) is 0 Å². The third kappa shape index (κ3) is 4.57. The Balaban J connectivity index is 0.00000256. The lowest BCUT2D eigenvalue weighted by Crippen LogP contribution is -2.51. The van der Waals surface area contributed by atoms with Gasteiger partial charge < -0.3 is 20.9 Å². The van der Waals surface area contributed by atoms with Gasteiger partial charge in [0, 0.05) is 24.7 Å². The minimum absolute atomic E-state index is 0. The van der Waals surface area contributed by atoms with Gasteiger partial charge in [0.05, 0.1) is 5.69 Å². The van der Waals surface area contributed by atoms with E-state index in [-0.39, 0.29) is 29.9 Å². The second-order valence-electron chi connectivity index (χ2n) is 7.72. The van der Waals surface area contributed by atoms with Crippen LogP contribution in [0.2, 0.25) is 0 Å². The van der Waals surface area contributed by atoms with E-state index >= 15 is 0 Å². The fourth-order valence-electron chi connectivity index (χ4n) is 3.91. The van der Waals surface area contributed by atoms with Gasteiger partial charge in [0.1, 0.15) is 5.82 Å². The Hall–Kier alpha value is -2.64. The highest BCUT2D eigenvalue weighted by atomic mass is 35.5.